The summed E-state index contributed by atoms with van der Waals surface area (Å²) in [6.45, 7) is 5.33. The number of imidazole rings is 1. The molecule has 0 spiro atoms. The lowest BCUT2D eigenvalue weighted by Crippen LogP contribution is -2.42. The Morgan fingerprint density at radius 2 is 1.80 bits per heavy atom. The molecule has 0 saturated carbocycles. The van der Waals surface area contributed by atoms with Gasteiger partial charge in [-0.3, -0.25) is 14.3 Å². The van der Waals surface area contributed by atoms with Crippen molar-refractivity contribution in [2.24, 2.45) is 0 Å². The van der Waals surface area contributed by atoms with Crippen molar-refractivity contribution < 1.29 is 18.3 Å². The summed E-state index contributed by atoms with van der Waals surface area (Å²) >= 11 is 0.990. The van der Waals surface area contributed by atoms with Crippen molar-refractivity contribution >= 4 is 33.2 Å². The topological polar surface area (TPSA) is 158 Å². The molecule has 2 heterocycles. The van der Waals surface area contributed by atoms with E-state index in [1.165, 1.54) is 18.2 Å². The Kier molecular flexibility index (Phi) is 10.2. The average molecular weight is 661 g/mol. The molecule has 1 atom stereocenters. The first kappa shape index (κ1) is 32.8. The van der Waals surface area contributed by atoms with Gasteiger partial charge in [0, 0.05) is 53.4 Å². The van der Waals surface area contributed by atoms with E-state index in [-0.39, 0.29) is 34.2 Å². The normalized spacial score (nSPS) is 12.5. The lowest BCUT2D eigenvalue weighted by atomic mass is 9.99. The first-order chi connectivity index (χ1) is 22.0. The van der Waals surface area contributed by atoms with Crippen LogP contribution in [0.2, 0.25) is 0 Å². The Hall–Kier alpha value is -4.56. The van der Waals surface area contributed by atoms with Crippen molar-refractivity contribution in [3.8, 4) is 11.3 Å². The molecule has 0 aliphatic rings. The Bertz CT molecular complexity index is 1930. The van der Waals surface area contributed by atoms with Crippen LogP contribution in [-0.2, 0) is 23.1 Å². The summed E-state index contributed by atoms with van der Waals surface area (Å²) < 4.78 is 32.8. The fourth-order valence-electron chi connectivity index (χ4n) is 4.72. The first-order valence-corrected chi connectivity index (χ1v) is 17.0. The maximum absolute atomic E-state index is 12.7. The maximum Gasteiger partial charge on any atom is 0.261 e. The zero-order valence-electron chi connectivity index (χ0n) is 25.4. The number of hydrogen-bond donors (Lipinski definition) is 5. The number of nitrogens with zero attached hydrogens (tertiary/aromatic N) is 2. The van der Waals surface area contributed by atoms with Crippen molar-refractivity contribution in [3.63, 3.8) is 0 Å². The predicted octanol–water partition coefficient (Wildman–Crippen LogP) is 4.52. The second-order valence-electron chi connectivity index (χ2n) is 11.5. The van der Waals surface area contributed by atoms with Gasteiger partial charge in [0.2, 0.25) is 4.74 Å². The molecule has 240 valence electrons. The van der Waals surface area contributed by atoms with Gasteiger partial charge in [-0.05, 0) is 73.8 Å². The van der Waals surface area contributed by atoms with E-state index >= 15 is 0 Å². The van der Waals surface area contributed by atoms with E-state index in [0.29, 0.717) is 29.1 Å². The van der Waals surface area contributed by atoms with Gasteiger partial charge in [-0.25, -0.2) is 13.4 Å². The maximum atomic E-state index is 12.7. The van der Waals surface area contributed by atoms with Crippen LogP contribution >= 0.6 is 11.5 Å². The molecule has 5 aromatic rings. The molecule has 0 radical (unpaired) electrons. The molecule has 0 bridgehead atoms. The highest BCUT2D eigenvalue weighted by atomic mass is 32.2. The van der Waals surface area contributed by atoms with Crippen LogP contribution in [0.15, 0.2) is 107 Å². The summed E-state index contributed by atoms with van der Waals surface area (Å²) in [5.74, 6) is -0.232. The SMILES string of the molecule is CC(C)(CCn1cnc(-c2ccc(C(=O)NCc3cc(=O)s[nH]3)cc2)c1)NC[C@H](O)c1cccc(NS(=O)(=O)c2ccccc2)c1. The quantitative estimate of drug-likeness (QED) is 0.117. The minimum atomic E-state index is -3.74. The van der Waals surface area contributed by atoms with E-state index < -0.39 is 16.1 Å². The number of aryl methyl sites for hydroxylation is 1. The lowest BCUT2D eigenvalue weighted by molar-refractivity contribution is 0.0950. The highest BCUT2D eigenvalue weighted by molar-refractivity contribution is 7.92. The van der Waals surface area contributed by atoms with Gasteiger partial charge in [0.15, 0.2) is 0 Å². The minimum absolute atomic E-state index is 0.0840. The monoisotopic (exact) mass is 660 g/mol. The predicted molar refractivity (Wildman–Crippen MR) is 179 cm³/mol. The number of aliphatic hydroxyl groups is 1. The number of aromatic nitrogens is 3. The molecule has 0 fully saturated rings. The van der Waals surface area contributed by atoms with Crippen LogP contribution in [0.1, 0.15) is 48.0 Å². The van der Waals surface area contributed by atoms with Gasteiger partial charge >= 0.3 is 0 Å². The summed E-state index contributed by atoms with van der Waals surface area (Å²) in [5.41, 5.74) is 3.49. The fraction of sp³-hybridized carbons (Fsp3) is 0.242. The van der Waals surface area contributed by atoms with Crippen molar-refractivity contribution in [1.29, 1.82) is 0 Å². The molecule has 0 unspecified atom stereocenters. The molecule has 0 aliphatic heterocycles. The number of aromatic amines is 1. The summed E-state index contributed by atoms with van der Waals surface area (Å²) in [7, 11) is -3.74. The summed E-state index contributed by atoms with van der Waals surface area (Å²) in [6.07, 6.45) is 3.63. The van der Waals surface area contributed by atoms with Crippen LogP contribution < -0.4 is 20.1 Å². The molecule has 3 aromatic carbocycles. The van der Waals surface area contributed by atoms with Crippen molar-refractivity contribution in [1.82, 2.24) is 24.6 Å². The van der Waals surface area contributed by atoms with Crippen LogP contribution in [0.5, 0.6) is 0 Å². The minimum Gasteiger partial charge on any atom is -0.387 e. The van der Waals surface area contributed by atoms with Crippen LogP contribution in [0.25, 0.3) is 11.3 Å². The number of sulfonamides is 1. The molecule has 5 rings (SSSR count). The summed E-state index contributed by atoms with van der Waals surface area (Å²) in [4.78, 5) is 28.5. The van der Waals surface area contributed by atoms with Gasteiger partial charge in [-0.2, -0.15) is 0 Å². The molecular weight excluding hydrogens is 625 g/mol. The molecule has 1 amide bonds. The molecule has 5 N–H and O–H groups in total. The molecule has 46 heavy (non-hydrogen) atoms. The second-order valence-corrected chi connectivity index (χ2v) is 14.0. The number of hydrogen-bond acceptors (Lipinski definition) is 8. The largest absolute Gasteiger partial charge is 0.387 e. The standard InChI is InChI=1S/C33H36N6O5S2/c1-33(2,36-20-30(40)25-7-6-8-26(17-25)38-46(43,44)28-9-4-3-5-10-28)15-16-39-21-29(35-22-39)23-11-13-24(14-12-23)32(42)34-19-27-18-31(41)45-37-27/h3-14,17-18,21-22,30,36-38,40H,15-16,19-20H2,1-2H3,(H,34,42)/t30-/m0/s1. The molecule has 0 aliphatic carbocycles. The molecule has 0 saturated heterocycles. The second kappa shape index (κ2) is 14.3. The first-order valence-electron chi connectivity index (χ1n) is 14.7. The Morgan fingerprint density at radius 1 is 1.04 bits per heavy atom. The smallest absolute Gasteiger partial charge is 0.261 e. The van der Waals surface area contributed by atoms with Crippen LogP contribution in [0, 0.1) is 0 Å². The van der Waals surface area contributed by atoms with Gasteiger partial charge < -0.3 is 24.7 Å². The zero-order chi connectivity index (χ0) is 32.7. The van der Waals surface area contributed by atoms with E-state index in [4.69, 9.17) is 0 Å². The molecule has 11 nitrogen and oxygen atoms in total. The van der Waals surface area contributed by atoms with Crippen molar-refractivity contribution in [2.75, 3.05) is 11.3 Å². The number of nitrogens with one attached hydrogen (secondary N) is 4. The fourth-order valence-corrected chi connectivity index (χ4v) is 6.35. The van der Waals surface area contributed by atoms with E-state index in [9.17, 15) is 23.1 Å². The molecule has 2 aromatic heterocycles. The number of amides is 1. The van der Waals surface area contributed by atoms with Crippen molar-refractivity contribution in [3.05, 3.63) is 124 Å². The van der Waals surface area contributed by atoms with Gasteiger partial charge in [-0.1, -0.05) is 42.5 Å². The van der Waals surface area contributed by atoms with E-state index in [1.807, 2.05) is 22.9 Å². The third-order valence-electron chi connectivity index (χ3n) is 7.44. The van der Waals surface area contributed by atoms with Gasteiger partial charge in [0.25, 0.3) is 15.9 Å². The third kappa shape index (κ3) is 8.79. The number of rotatable bonds is 14. The van der Waals surface area contributed by atoms with Crippen LogP contribution in [-0.4, -0.2) is 45.4 Å². The average Bonchev–Trinajstić information content (AvgIpc) is 3.71. The number of aliphatic hydroxyl groups excluding tert-OH is 1. The Morgan fingerprint density at radius 3 is 2.52 bits per heavy atom. The lowest BCUT2D eigenvalue weighted by Gasteiger charge is -2.28. The van der Waals surface area contributed by atoms with E-state index in [2.05, 4.69) is 38.6 Å². The Balaban J connectivity index is 1.10. The van der Waals surface area contributed by atoms with Crippen LogP contribution in [0.4, 0.5) is 5.69 Å². The number of anilines is 1. The summed E-state index contributed by atoms with van der Waals surface area (Å²) in [6, 6.07) is 23.5. The number of carbonyl (C=O) groups is 1. The number of benzene rings is 3. The zero-order valence-corrected chi connectivity index (χ0v) is 27.1. The third-order valence-corrected chi connectivity index (χ3v) is 9.52. The van der Waals surface area contributed by atoms with Crippen molar-refractivity contribution in [2.45, 2.75) is 49.9 Å². The summed E-state index contributed by atoms with van der Waals surface area (Å²) in [5, 5.41) is 17.1. The van der Waals surface area contributed by atoms with Crippen LogP contribution in [0.3, 0.4) is 0 Å². The molecular formula is C33H36N6O5S2. The van der Waals surface area contributed by atoms with Gasteiger partial charge in [0.1, 0.15) is 0 Å². The van der Waals surface area contributed by atoms with Gasteiger partial charge in [-0.15, -0.1) is 0 Å². The molecule has 13 heteroatoms. The van der Waals surface area contributed by atoms with E-state index in [1.54, 1.807) is 60.9 Å². The number of H-pyrrole nitrogens is 1. The van der Waals surface area contributed by atoms with Gasteiger partial charge in [0.05, 0.1) is 29.6 Å². The number of β-amino-alcohol motifs (C(OH)–C–C–N with tert-alkyl or cyclic N) is 1. The highest BCUT2D eigenvalue weighted by Gasteiger charge is 2.20. The number of carbonyl (C=O) groups excluding carboxylic acids is 1. The van der Waals surface area contributed by atoms with E-state index in [0.717, 1.165) is 29.2 Å². The highest BCUT2D eigenvalue weighted by Crippen LogP contribution is 2.22. The Labute approximate surface area is 271 Å².